The van der Waals surface area contributed by atoms with E-state index in [9.17, 15) is 0 Å². The lowest BCUT2D eigenvalue weighted by atomic mass is 10.1. The standard InChI is InChI=1S/C14H18N4O/c1-10-3-4-13(19-2)12(7-10)11-8-17-14(18-9-11)16-6-5-15/h3-4,7-9H,5-6,15H2,1-2H3,(H,16,17,18). The van der Waals surface area contributed by atoms with Gasteiger partial charge in [0.05, 0.1) is 7.11 Å². The Morgan fingerprint density at radius 1 is 1.26 bits per heavy atom. The normalized spacial score (nSPS) is 10.3. The van der Waals surface area contributed by atoms with Crippen molar-refractivity contribution >= 4 is 5.95 Å². The zero-order valence-corrected chi connectivity index (χ0v) is 11.2. The lowest BCUT2D eigenvalue weighted by Gasteiger charge is -2.09. The molecule has 0 fully saturated rings. The molecule has 0 saturated heterocycles. The van der Waals surface area contributed by atoms with Crippen molar-refractivity contribution in [3.63, 3.8) is 0 Å². The number of aromatic nitrogens is 2. The highest BCUT2D eigenvalue weighted by Crippen LogP contribution is 2.30. The number of anilines is 1. The number of benzene rings is 1. The second-order valence-corrected chi connectivity index (χ2v) is 4.21. The summed E-state index contributed by atoms with van der Waals surface area (Å²) >= 11 is 0. The van der Waals surface area contributed by atoms with Crippen molar-refractivity contribution in [3.05, 3.63) is 36.2 Å². The molecule has 0 aliphatic carbocycles. The lowest BCUT2D eigenvalue weighted by Crippen LogP contribution is -2.14. The van der Waals surface area contributed by atoms with Crippen molar-refractivity contribution in [2.75, 3.05) is 25.5 Å². The molecule has 0 saturated carbocycles. The molecule has 0 spiro atoms. The van der Waals surface area contributed by atoms with Crippen LogP contribution in [-0.2, 0) is 0 Å². The van der Waals surface area contributed by atoms with Crippen LogP contribution in [0.5, 0.6) is 5.75 Å². The number of aryl methyl sites for hydroxylation is 1. The van der Waals surface area contributed by atoms with E-state index < -0.39 is 0 Å². The molecule has 1 aromatic carbocycles. The van der Waals surface area contributed by atoms with E-state index in [1.165, 1.54) is 5.56 Å². The van der Waals surface area contributed by atoms with Gasteiger partial charge in [-0.05, 0) is 19.1 Å². The van der Waals surface area contributed by atoms with E-state index in [0.29, 0.717) is 19.0 Å². The molecule has 1 aromatic heterocycles. The lowest BCUT2D eigenvalue weighted by molar-refractivity contribution is 0.416. The van der Waals surface area contributed by atoms with Crippen molar-refractivity contribution in [2.24, 2.45) is 5.73 Å². The fourth-order valence-electron chi connectivity index (χ4n) is 1.79. The van der Waals surface area contributed by atoms with Gasteiger partial charge in [0.1, 0.15) is 5.75 Å². The van der Waals surface area contributed by atoms with Crippen LogP contribution in [0.25, 0.3) is 11.1 Å². The van der Waals surface area contributed by atoms with Crippen molar-refractivity contribution in [1.82, 2.24) is 9.97 Å². The Morgan fingerprint density at radius 2 is 2.00 bits per heavy atom. The Labute approximate surface area is 112 Å². The number of rotatable bonds is 5. The molecule has 0 unspecified atom stereocenters. The van der Waals surface area contributed by atoms with Crippen LogP contribution >= 0.6 is 0 Å². The molecule has 5 heteroatoms. The van der Waals surface area contributed by atoms with Gasteiger partial charge in [-0.25, -0.2) is 9.97 Å². The van der Waals surface area contributed by atoms with Crippen LogP contribution in [-0.4, -0.2) is 30.2 Å². The number of nitrogens with one attached hydrogen (secondary N) is 1. The molecule has 0 aliphatic rings. The van der Waals surface area contributed by atoms with E-state index in [1.807, 2.05) is 19.1 Å². The third kappa shape index (κ3) is 3.20. The molecule has 0 radical (unpaired) electrons. The number of nitrogens with two attached hydrogens (primary N) is 1. The molecule has 3 N–H and O–H groups in total. The van der Waals surface area contributed by atoms with Crippen molar-refractivity contribution in [1.29, 1.82) is 0 Å². The molecule has 5 nitrogen and oxygen atoms in total. The molecule has 0 aliphatic heterocycles. The average Bonchev–Trinajstić information content (AvgIpc) is 2.45. The first-order chi connectivity index (χ1) is 9.24. The molecular weight excluding hydrogens is 240 g/mol. The molecule has 1 heterocycles. The van der Waals surface area contributed by atoms with Gasteiger partial charge >= 0.3 is 0 Å². The largest absolute Gasteiger partial charge is 0.496 e. The number of nitrogens with zero attached hydrogens (tertiary/aromatic N) is 2. The maximum Gasteiger partial charge on any atom is 0.222 e. The predicted octanol–water partition coefficient (Wildman–Crippen LogP) is 1.83. The topological polar surface area (TPSA) is 73.1 Å². The number of hydrogen-bond donors (Lipinski definition) is 2. The van der Waals surface area contributed by atoms with Crippen LogP contribution in [0.15, 0.2) is 30.6 Å². The van der Waals surface area contributed by atoms with E-state index in [-0.39, 0.29) is 0 Å². The van der Waals surface area contributed by atoms with E-state index in [1.54, 1.807) is 19.5 Å². The molecule has 19 heavy (non-hydrogen) atoms. The Balaban J connectivity index is 2.29. The summed E-state index contributed by atoms with van der Waals surface area (Å²) in [6, 6.07) is 6.02. The number of hydrogen-bond acceptors (Lipinski definition) is 5. The maximum absolute atomic E-state index is 5.42. The van der Waals surface area contributed by atoms with Gasteiger partial charge in [0.2, 0.25) is 5.95 Å². The molecular formula is C14H18N4O. The van der Waals surface area contributed by atoms with Crippen LogP contribution in [0.3, 0.4) is 0 Å². The van der Waals surface area contributed by atoms with Gasteiger partial charge in [-0.3, -0.25) is 0 Å². The second kappa shape index (κ2) is 6.15. The summed E-state index contributed by atoms with van der Waals surface area (Å²) in [5.41, 5.74) is 8.51. The highest BCUT2D eigenvalue weighted by molar-refractivity contribution is 5.70. The van der Waals surface area contributed by atoms with Gasteiger partial charge in [0.15, 0.2) is 0 Å². The van der Waals surface area contributed by atoms with Crippen molar-refractivity contribution < 1.29 is 4.74 Å². The molecule has 0 bridgehead atoms. The summed E-state index contributed by atoms with van der Waals surface area (Å²) in [4.78, 5) is 8.53. The molecule has 2 aromatic rings. The van der Waals surface area contributed by atoms with E-state index >= 15 is 0 Å². The highest BCUT2D eigenvalue weighted by Gasteiger charge is 2.07. The van der Waals surface area contributed by atoms with Crippen LogP contribution in [0, 0.1) is 6.92 Å². The zero-order chi connectivity index (χ0) is 13.7. The summed E-state index contributed by atoms with van der Waals surface area (Å²) in [6.45, 7) is 3.25. The monoisotopic (exact) mass is 258 g/mol. The minimum atomic E-state index is 0.552. The fourth-order valence-corrected chi connectivity index (χ4v) is 1.79. The van der Waals surface area contributed by atoms with Crippen LogP contribution in [0.2, 0.25) is 0 Å². The van der Waals surface area contributed by atoms with Crippen molar-refractivity contribution in [3.8, 4) is 16.9 Å². The van der Waals surface area contributed by atoms with Gasteiger partial charge in [-0.15, -0.1) is 0 Å². The third-order valence-electron chi connectivity index (χ3n) is 2.75. The van der Waals surface area contributed by atoms with Crippen LogP contribution < -0.4 is 15.8 Å². The second-order valence-electron chi connectivity index (χ2n) is 4.21. The minimum absolute atomic E-state index is 0.552. The summed E-state index contributed by atoms with van der Waals surface area (Å²) in [5, 5.41) is 3.03. The summed E-state index contributed by atoms with van der Waals surface area (Å²) in [5.74, 6) is 1.40. The highest BCUT2D eigenvalue weighted by atomic mass is 16.5. The van der Waals surface area contributed by atoms with Gasteiger partial charge in [-0.1, -0.05) is 11.6 Å². The zero-order valence-electron chi connectivity index (χ0n) is 11.2. The van der Waals surface area contributed by atoms with E-state index in [2.05, 4.69) is 21.4 Å². The summed E-state index contributed by atoms with van der Waals surface area (Å²) in [6.07, 6.45) is 3.56. The molecule has 0 atom stereocenters. The third-order valence-corrected chi connectivity index (χ3v) is 2.75. The smallest absolute Gasteiger partial charge is 0.222 e. The SMILES string of the molecule is COc1ccc(C)cc1-c1cnc(NCCN)nc1. The first-order valence-electron chi connectivity index (χ1n) is 6.15. The average molecular weight is 258 g/mol. The maximum atomic E-state index is 5.42. The Kier molecular flexibility index (Phi) is 4.30. The summed E-state index contributed by atoms with van der Waals surface area (Å²) < 4.78 is 5.36. The minimum Gasteiger partial charge on any atom is -0.496 e. The Hall–Kier alpha value is -2.14. The van der Waals surface area contributed by atoms with Gasteiger partial charge in [-0.2, -0.15) is 0 Å². The van der Waals surface area contributed by atoms with Crippen LogP contribution in [0.4, 0.5) is 5.95 Å². The predicted molar refractivity (Wildman–Crippen MR) is 76.3 cm³/mol. The van der Waals surface area contributed by atoms with Gasteiger partial charge in [0, 0.05) is 36.6 Å². The van der Waals surface area contributed by atoms with Gasteiger partial charge < -0.3 is 15.8 Å². The number of methoxy groups -OCH3 is 1. The summed E-state index contributed by atoms with van der Waals surface area (Å²) in [7, 11) is 1.66. The molecule has 100 valence electrons. The quantitative estimate of drug-likeness (QED) is 0.856. The van der Waals surface area contributed by atoms with Gasteiger partial charge in [0.25, 0.3) is 0 Å². The van der Waals surface area contributed by atoms with E-state index in [0.717, 1.165) is 16.9 Å². The molecule has 2 rings (SSSR count). The Morgan fingerprint density at radius 3 is 2.63 bits per heavy atom. The first-order valence-corrected chi connectivity index (χ1v) is 6.15. The Bertz CT molecular complexity index is 540. The van der Waals surface area contributed by atoms with Crippen LogP contribution in [0.1, 0.15) is 5.56 Å². The fraction of sp³-hybridized carbons (Fsp3) is 0.286. The molecule has 0 amide bonds. The van der Waals surface area contributed by atoms with E-state index in [4.69, 9.17) is 10.5 Å². The first kappa shape index (κ1) is 13.3. The van der Waals surface area contributed by atoms with Crippen molar-refractivity contribution in [2.45, 2.75) is 6.92 Å². The number of ether oxygens (including phenoxy) is 1.